The van der Waals surface area contributed by atoms with E-state index in [2.05, 4.69) is 33.9 Å². The average molecular weight is 425 g/mol. The highest BCUT2D eigenvalue weighted by molar-refractivity contribution is 6.74. The largest absolute Gasteiger partial charge is 0.414 e. The third-order valence-electron chi connectivity index (χ3n) is 9.11. The smallest absolute Gasteiger partial charge is 0.192 e. The van der Waals surface area contributed by atoms with E-state index in [1.807, 2.05) is 0 Å². The number of aliphatic hydroxyl groups is 1. The Labute approximate surface area is 179 Å². The summed E-state index contributed by atoms with van der Waals surface area (Å²) in [7, 11) is -1.79. The van der Waals surface area contributed by atoms with Gasteiger partial charge in [-0.05, 0) is 68.0 Å². The Hall–Kier alpha value is 0.0569. The lowest BCUT2D eigenvalue weighted by Crippen LogP contribution is -2.54. The summed E-state index contributed by atoms with van der Waals surface area (Å²) in [4.78, 5) is 0. The molecule has 1 spiro atoms. The van der Waals surface area contributed by atoms with E-state index in [1.54, 1.807) is 0 Å². The van der Waals surface area contributed by atoms with Gasteiger partial charge >= 0.3 is 0 Å². The minimum Gasteiger partial charge on any atom is -0.414 e. The summed E-state index contributed by atoms with van der Waals surface area (Å²) in [5, 5.41) is 11.2. The average Bonchev–Trinajstić information content (AvgIpc) is 3.24. The second-order valence-electron chi connectivity index (χ2n) is 11.9. The Bertz CT molecular complexity index is 560. The number of aliphatic hydroxyl groups excluding tert-OH is 1. The van der Waals surface area contributed by atoms with Crippen molar-refractivity contribution in [3.8, 4) is 0 Å². The molecule has 4 nitrogen and oxygen atoms in total. The van der Waals surface area contributed by atoms with Gasteiger partial charge in [0.05, 0.1) is 19.3 Å². The van der Waals surface area contributed by atoms with Gasteiger partial charge in [0.25, 0.3) is 0 Å². The summed E-state index contributed by atoms with van der Waals surface area (Å²) in [6.45, 7) is 13.3. The summed E-state index contributed by atoms with van der Waals surface area (Å²) in [5.41, 5.74) is 0. The van der Waals surface area contributed by atoms with Gasteiger partial charge < -0.3 is 19.0 Å². The first kappa shape index (κ1) is 22.3. The van der Waals surface area contributed by atoms with E-state index in [1.165, 1.54) is 32.1 Å². The van der Waals surface area contributed by atoms with E-state index < -0.39 is 8.32 Å². The van der Waals surface area contributed by atoms with E-state index >= 15 is 0 Å². The van der Waals surface area contributed by atoms with Crippen LogP contribution >= 0.6 is 0 Å². The van der Waals surface area contributed by atoms with Crippen LogP contribution in [0.2, 0.25) is 18.1 Å². The van der Waals surface area contributed by atoms with Crippen molar-refractivity contribution in [2.45, 2.75) is 115 Å². The Morgan fingerprint density at radius 2 is 1.76 bits per heavy atom. The third kappa shape index (κ3) is 4.24. The van der Waals surface area contributed by atoms with Crippen LogP contribution in [0.3, 0.4) is 0 Å². The summed E-state index contributed by atoms with van der Waals surface area (Å²) in [6.07, 6.45) is 11.1. The zero-order chi connectivity index (χ0) is 20.9. The normalized spacial score (nSPS) is 36.2. The highest BCUT2D eigenvalue weighted by atomic mass is 28.4. The van der Waals surface area contributed by atoms with Crippen LogP contribution in [-0.4, -0.2) is 44.6 Å². The zero-order valence-electron chi connectivity index (χ0n) is 19.4. The Morgan fingerprint density at radius 1 is 1.10 bits per heavy atom. The molecule has 0 amide bonds. The molecule has 29 heavy (non-hydrogen) atoms. The molecule has 4 aliphatic rings. The van der Waals surface area contributed by atoms with Crippen LogP contribution in [0.25, 0.3) is 0 Å². The van der Waals surface area contributed by atoms with Crippen LogP contribution in [0.1, 0.15) is 78.6 Å². The fourth-order valence-electron chi connectivity index (χ4n) is 6.24. The van der Waals surface area contributed by atoms with Gasteiger partial charge in [-0.2, -0.15) is 0 Å². The molecule has 0 aromatic rings. The molecule has 3 aliphatic carbocycles. The summed E-state index contributed by atoms with van der Waals surface area (Å²) >= 11 is 0. The van der Waals surface area contributed by atoms with Gasteiger partial charge in [-0.3, -0.25) is 0 Å². The van der Waals surface area contributed by atoms with E-state index in [-0.39, 0.29) is 16.9 Å². The highest BCUT2D eigenvalue weighted by Crippen LogP contribution is 2.60. The van der Waals surface area contributed by atoms with Crippen molar-refractivity contribution in [3.63, 3.8) is 0 Å². The molecule has 4 fully saturated rings. The third-order valence-corrected chi connectivity index (χ3v) is 13.6. The topological polar surface area (TPSA) is 47.9 Å². The zero-order valence-corrected chi connectivity index (χ0v) is 20.4. The van der Waals surface area contributed by atoms with Gasteiger partial charge in [0, 0.05) is 18.4 Å². The first-order chi connectivity index (χ1) is 13.6. The quantitative estimate of drug-likeness (QED) is 0.572. The molecule has 0 radical (unpaired) electrons. The van der Waals surface area contributed by atoms with Crippen molar-refractivity contribution < 1.29 is 19.0 Å². The van der Waals surface area contributed by atoms with E-state index in [0.29, 0.717) is 43.0 Å². The van der Waals surface area contributed by atoms with Crippen molar-refractivity contribution in [2.24, 2.45) is 23.7 Å². The van der Waals surface area contributed by atoms with E-state index in [4.69, 9.17) is 13.9 Å². The minimum atomic E-state index is -1.79. The first-order valence-electron chi connectivity index (χ1n) is 12.3. The van der Waals surface area contributed by atoms with E-state index in [9.17, 15) is 5.11 Å². The number of ether oxygens (including phenoxy) is 2. The molecule has 1 N–H and O–H groups in total. The first-order valence-corrected chi connectivity index (χ1v) is 15.2. The van der Waals surface area contributed by atoms with Crippen molar-refractivity contribution >= 4 is 8.32 Å². The van der Waals surface area contributed by atoms with Gasteiger partial charge in [0.2, 0.25) is 0 Å². The molecule has 3 saturated carbocycles. The summed E-state index contributed by atoms with van der Waals surface area (Å²) < 4.78 is 18.9. The van der Waals surface area contributed by atoms with Crippen LogP contribution in [-0.2, 0) is 13.9 Å². The number of rotatable bonds is 6. The molecular weight excluding hydrogens is 380 g/mol. The van der Waals surface area contributed by atoms with Crippen molar-refractivity contribution in [1.29, 1.82) is 0 Å². The summed E-state index contributed by atoms with van der Waals surface area (Å²) in [5.74, 6) is 1.53. The van der Waals surface area contributed by atoms with Crippen molar-refractivity contribution in [2.75, 3.05) is 13.2 Å². The molecule has 1 heterocycles. The molecular formula is C24H44O4Si. The number of fused-ring (bicyclic) bond motifs is 2. The van der Waals surface area contributed by atoms with Gasteiger partial charge in [0.15, 0.2) is 14.1 Å². The monoisotopic (exact) mass is 424 g/mol. The summed E-state index contributed by atoms with van der Waals surface area (Å²) in [6, 6.07) is 0. The minimum absolute atomic E-state index is 0.182. The Balaban J connectivity index is 1.39. The highest BCUT2D eigenvalue weighted by Gasteiger charge is 2.64. The lowest BCUT2D eigenvalue weighted by molar-refractivity contribution is -0.275. The molecule has 1 aliphatic heterocycles. The predicted molar refractivity (Wildman–Crippen MR) is 118 cm³/mol. The van der Waals surface area contributed by atoms with Crippen LogP contribution < -0.4 is 0 Å². The van der Waals surface area contributed by atoms with Crippen LogP contribution in [0.15, 0.2) is 0 Å². The Kier molecular flexibility index (Phi) is 6.29. The van der Waals surface area contributed by atoms with Gasteiger partial charge in [-0.25, -0.2) is 0 Å². The Morgan fingerprint density at radius 3 is 2.38 bits per heavy atom. The molecule has 0 aromatic heterocycles. The number of hydrogen-bond donors (Lipinski definition) is 1. The molecule has 5 atom stereocenters. The molecule has 168 valence electrons. The van der Waals surface area contributed by atoms with Gasteiger partial charge in [-0.1, -0.05) is 40.0 Å². The van der Waals surface area contributed by atoms with Gasteiger partial charge in [-0.15, -0.1) is 0 Å². The SMILES string of the molecule is CC(C)(C)[Si](C)(C)OC(CCC1CC2C(CC23OCCO3)C1O)C1CCCCC1. The molecule has 5 heteroatoms. The van der Waals surface area contributed by atoms with Crippen LogP contribution in [0, 0.1) is 23.7 Å². The maximum atomic E-state index is 11.0. The van der Waals surface area contributed by atoms with E-state index in [0.717, 1.165) is 25.7 Å². The maximum Gasteiger partial charge on any atom is 0.192 e. The fraction of sp³-hybridized carbons (Fsp3) is 1.00. The maximum absolute atomic E-state index is 11.0. The molecule has 0 aromatic carbocycles. The second-order valence-corrected chi connectivity index (χ2v) is 16.6. The lowest BCUT2D eigenvalue weighted by Gasteiger charge is -2.48. The van der Waals surface area contributed by atoms with Crippen molar-refractivity contribution in [1.82, 2.24) is 0 Å². The molecule has 1 saturated heterocycles. The second kappa shape index (κ2) is 8.20. The molecule has 0 bridgehead atoms. The van der Waals surface area contributed by atoms with Gasteiger partial charge in [0.1, 0.15) is 0 Å². The fourth-order valence-corrected chi connectivity index (χ4v) is 7.66. The van der Waals surface area contributed by atoms with Crippen molar-refractivity contribution in [3.05, 3.63) is 0 Å². The molecule has 5 unspecified atom stereocenters. The van der Waals surface area contributed by atoms with Crippen LogP contribution in [0.4, 0.5) is 0 Å². The predicted octanol–water partition coefficient (Wildman–Crippen LogP) is 5.50. The molecule has 4 rings (SSSR count). The lowest BCUT2D eigenvalue weighted by atomic mass is 9.69. The standard InChI is InChI=1S/C24H44O4Si/c1-23(2,3)29(4,5)28-21(17-9-7-6-8-10-17)12-11-18-15-20-19(22(18)25)16-24(20)26-13-14-27-24/h17-22,25H,6-16H2,1-5H3. The number of hydrogen-bond acceptors (Lipinski definition) is 4. The van der Waals surface area contributed by atoms with Crippen LogP contribution in [0.5, 0.6) is 0 Å².